The Balaban J connectivity index is 1.32. The van der Waals surface area contributed by atoms with E-state index in [1.807, 2.05) is 0 Å². The Bertz CT molecular complexity index is 999. The first-order valence-corrected chi connectivity index (χ1v) is 12.6. The Morgan fingerprint density at radius 1 is 0.794 bits per heavy atom. The molecule has 7 heteroatoms. The smallest absolute Gasteiger partial charge is 0.255 e. The number of benzene rings is 2. The molecule has 2 N–H and O–H groups in total. The van der Waals surface area contributed by atoms with E-state index in [1.165, 1.54) is 25.7 Å². The first kappa shape index (κ1) is 24.3. The van der Waals surface area contributed by atoms with Gasteiger partial charge in [0.05, 0.1) is 5.92 Å². The monoisotopic (exact) mass is 481 g/mol. The number of carbonyl (C=O) groups excluding carboxylic acids is 3. The van der Waals surface area contributed by atoms with E-state index < -0.39 is 0 Å². The van der Waals surface area contributed by atoms with Crippen LogP contribution in [0, 0.1) is 5.92 Å². The number of rotatable bonds is 5. The van der Waals surface area contributed by atoms with Crippen LogP contribution in [0.4, 0.5) is 5.69 Å². The van der Waals surface area contributed by atoms with Crippen LogP contribution in [0.5, 0.6) is 0 Å². The molecule has 1 aliphatic carbocycles. The number of anilines is 1. The summed E-state index contributed by atoms with van der Waals surface area (Å²) in [4.78, 5) is 40.1. The molecule has 1 heterocycles. The zero-order valence-electron chi connectivity index (χ0n) is 19.4. The van der Waals surface area contributed by atoms with Gasteiger partial charge >= 0.3 is 0 Å². The van der Waals surface area contributed by atoms with E-state index in [4.69, 9.17) is 11.6 Å². The van der Waals surface area contributed by atoms with Crippen molar-refractivity contribution in [2.75, 3.05) is 18.4 Å². The normalized spacial score (nSPS) is 19.2. The van der Waals surface area contributed by atoms with Gasteiger partial charge in [-0.25, -0.2) is 0 Å². The van der Waals surface area contributed by atoms with E-state index in [-0.39, 0.29) is 29.7 Å². The fourth-order valence-corrected chi connectivity index (χ4v) is 4.93. The number of amides is 3. The molecule has 180 valence electrons. The fourth-order valence-electron chi connectivity index (χ4n) is 4.80. The van der Waals surface area contributed by atoms with Crippen molar-refractivity contribution >= 4 is 35.0 Å². The van der Waals surface area contributed by atoms with E-state index in [0.29, 0.717) is 34.9 Å². The summed E-state index contributed by atoms with van der Waals surface area (Å²) in [7, 11) is 0. The highest BCUT2D eigenvalue weighted by Gasteiger charge is 2.30. The minimum absolute atomic E-state index is 0.0810. The Kier molecular flexibility index (Phi) is 8.22. The average molecular weight is 482 g/mol. The second-order valence-corrected chi connectivity index (χ2v) is 9.76. The van der Waals surface area contributed by atoms with Crippen LogP contribution < -0.4 is 10.6 Å². The number of halogens is 1. The van der Waals surface area contributed by atoms with Crippen LogP contribution >= 0.6 is 11.6 Å². The number of carbonyl (C=O) groups is 3. The molecule has 0 aromatic heterocycles. The Labute approximate surface area is 206 Å². The molecule has 4 rings (SSSR count). The van der Waals surface area contributed by atoms with Gasteiger partial charge < -0.3 is 15.5 Å². The summed E-state index contributed by atoms with van der Waals surface area (Å²) in [6.07, 6.45) is 8.61. The minimum Gasteiger partial charge on any atom is -0.353 e. The Hall–Kier alpha value is -2.86. The number of likely N-dealkylation sites (tertiary alicyclic amines) is 1. The van der Waals surface area contributed by atoms with Crippen LogP contribution in [-0.2, 0) is 4.79 Å². The summed E-state index contributed by atoms with van der Waals surface area (Å²) < 4.78 is 0. The van der Waals surface area contributed by atoms with Crippen molar-refractivity contribution in [2.24, 2.45) is 5.92 Å². The van der Waals surface area contributed by atoms with Gasteiger partial charge in [-0.15, -0.1) is 0 Å². The molecule has 1 saturated heterocycles. The van der Waals surface area contributed by atoms with Crippen molar-refractivity contribution in [2.45, 2.75) is 57.4 Å². The van der Waals surface area contributed by atoms with Gasteiger partial charge in [-0.3, -0.25) is 14.4 Å². The van der Waals surface area contributed by atoms with E-state index in [0.717, 1.165) is 25.7 Å². The van der Waals surface area contributed by atoms with Crippen LogP contribution in [-0.4, -0.2) is 41.8 Å². The standard InChI is InChI=1S/C27H32ClN3O3/c28-22-13-9-19(10-14-22)25(32)30-24-15-11-20(12-16-24)27(34)31-17-5-6-21(18-31)26(33)29-23-7-3-1-2-4-8-23/h9-16,21,23H,1-8,17-18H2,(H,29,33)(H,30,32). The third-order valence-electron chi connectivity index (χ3n) is 6.78. The second kappa shape index (κ2) is 11.5. The van der Waals surface area contributed by atoms with E-state index >= 15 is 0 Å². The fraction of sp³-hybridized carbons (Fsp3) is 0.444. The van der Waals surface area contributed by atoms with Gasteiger partial charge in [-0.05, 0) is 74.2 Å². The van der Waals surface area contributed by atoms with Gasteiger partial charge in [0.25, 0.3) is 11.8 Å². The van der Waals surface area contributed by atoms with Crippen molar-refractivity contribution in [1.29, 1.82) is 0 Å². The second-order valence-electron chi connectivity index (χ2n) is 9.33. The van der Waals surface area contributed by atoms with Crippen LogP contribution in [0.1, 0.15) is 72.1 Å². The van der Waals surface area contributed by atoms with Gasteiger partial charge in [0, 0.05) is 41.0 Å². The number of piperidine rings is 1. The predicted octanol–water partition coefficient (Wildman–Crippen LogP) is 5.28. The zero-order chi connectivity index (χ0) is 23.9. The first-order chi connectivity index (χ1) is 16.5. The van der Waals surface area contributed by atoms with Gasteiger partial charge in [-0.1, -0.05) is 37.3 Å². The third kappa shape index (κ3) is 6.38. The lowest BCUT2D eigenvalue weighted by molar-refractivity contribution is -0.127. The van der Waals surface area contributed by atoms with Crippen molar-refractivity contribution < 1.29 is 14.4 Å². The average Bonchev–Trinajstić information content (AvgIpc) is 3.13. The molecule has 1 saturated carbocycles. The molecule has 0 bridgehead atoms. The zero-order valence-corrected chi connectivity index (χ0v) is 20.2. The number of nitrogens with one attached hydrogen (secondary N) is 2. The van der Waals surface area contributed by atoms with Crippen LogP contribution in [0.3, 0.4) is 0 Å². The first-order valence-electron chi connectivity index (χ1n) is 12.3. The highest BCUT2D eigenvalue weighted by molar-refractivity contribution is 6.30. The van der Waals surface area contributed by atoms with Crippen LogP contribution in [0.25, 0.3) is 0 Å². The molecular formula is C27H32ClN3O3. The lowest BCUT2D eigenvalue weighted by Gasteiger charge is -2.33. The summed E-state index contributed by atoms with van der Waals surface area (Å²) in [5.74, 6) is -0.389. The molecule has 34 heavy (non-hydrogen) atoms. The lowest BCUT2D eigenvalue weighted by Crippen LogP contribution is -2.47. The van der Waals surface area contributed by atoms with Gasteiger partial charge in [-0.2, -0.15) is 0 Å². The van der Waals surface area contributed by atoms with Crippen LogP contribution in [0.15, 0.2) is 48.5 Å². The number of hydrogen-bond donors (Lipinski definition) is 2. The summed E-state index contributed by atoms with van der Waals surface area (Å²) in [5.41, 5.74) is 1.66. The molecule has 2 aromatic carbocycles. The van der Waals surface area contributed by atoms with Gasteiger partial charge in [0.15, 0.2) is 0 Å². The largest absolute Gasteiger partial charge is 0.353 e. The molecule has 1 atom stereocenters. The highest BCUT2D eigenvalue weighted by Crippen LogP contribution is 2.22. The summed E-state index contributed by atoms with van der Waals surface area (Å²) in [5, 5.41) is 6.64. The molecule has 0 radical (unpaired) electrons. The maximum absolute atomic E-state index is 13.1. The molecule has 1 aliphatic heterocycles. The maximum atomic E-state index is 13.1. The van der Waals surface area contributed by atoms with E-state index in [2.05, 4.69) is 10.6 Å². The minimum atomic E-state index is -0.241. The lowest BCUT2D eigenvalue weighted by atomic mass is 9.95. The third-order valence-corrected chi connectivity index (χ3v) is 7.03. The van der Waals surface area contributed by atoms with Crippen molar-refractivity contribution in [1.82, 2.24) is 10.2 Å². The molecule has 0 spiro atoms. The van der Waals surface area contributed by atoms with E-state index in [9.17, 15) is 14.4 Å². The molecule has 6 nitrogen and oxygen atoms in total. The molecular weight excluding hydrogens is 450 g/mol. The Morgan fingerprint density at radius 2 is 1.44 bits per heavy atom. The molecule has 2 aromatic rings. The molecule has 2 aliphatic rings. The summed E-state index contributed by atoms with van der Waals surface area (Å²) in [6.45, 7) is 1.10. The number of nitrogens with zero attached hydrogens (tertiary/aromatic N) is 1. The van der Waals surface area contributed by atoms with E-state index in [1.54, 1.807) is 53.4 Å². The SMILES string of the molecule is O=C(Nc1ccc(C(=O)N2CCCC(C(=O)NC3CCCCCC3)C2)cc1)c1ccc(Cl)cc1. The molecule has 1 unspecified atom stereocenters. The van der Waals surface area contributed by atoms with Crippen molar-refractivity contribution in [3.05, 3.63) is 64.7 Å². The predicted molar refractivity (Wildman–Crippen MR) is 134 cm³/mol. The summed E-state index contributed by atoms with van der Waals surface area (Å²) in [6, 6.07) is 13.8. The number of hydrogen-bond acceptors (Lipinski definition) is 3. The molecule has 2 fully saturated rings. The maximum Gasteiger partial charge on any atom is 0.255 e. The topological polar surface area (TPSA) is 78.5 Å². The quantitative estimate of drug-likeness (QED) is 0.570. The van der Waals surface area contributed by atoms with Crippen molar-refractivity contribution in [3.63, 3.8) is 0 Å². The van der Waals surface area contributed by atoms with Gasteiger partial charge in [0.2, 0.25) is 5.91 Å². The van der Waals surface area contributed by atoms with Crippen LogP contribution in [0.2, 0.25) is 5.02 Å². The highest BCUT2D eigenvalue weighted by atomic mass is 35.5. The van der Waals surface area contributed by atoms with Gasteiger partial charge in [0.1, 0.15) is 0 Å². The molecule has 3 amide bonds. The van der Waals surface area contributed by atoms with Crippen molar-refractivity contribution in [3.8, 4) is 0 Å². The Morgan fingerprint density at radius 3 is 2.12 bits per heavy atom. The summed E-state index contributed by atoms with van der Waals surface area (Å²) >= 11 is 5.87.